The third-order valence-corrected chi connectivity index (χ3v) is 4.90. The number of sulfone groups is 1. The monoisotopic (exact) mass is 337 g/mol. The molecule has 23 heavy (non-hydrogen) atoms. The van der Waals surface area contributed by atoms with Crippen LogP contribution in [0.5, 0.6) is 5.75 Å². The molecular weight excluding hydrogens is 314 g/mol. The summed E-state index contributed by atoms with van der Waals surface area (Å²) in [6.07, 6.45) is 9.12. The number of carbonyl (C=O) groups excluding carboxylic acids is 1. The quantitative estimate of drug-likeness (QED) is 0.776. The Hall–Kier alpha value is -1.82. The number of nitrogens with one attached hydrogen (secondary N) is 1. The van der Waals surface area contributed by atoms with E-state index in [1.807, 2.05) is 0 Å². The number of carbonyl (C=O) groups is 1. The van der Waals surface area contributed by atoms with Gasteiger partial charge in [0.15, 0.2) is 16.4 Å². The Labute approximate surface area is 137 Å². The summed E-state index contributed by atoms with van der Waals surface area (Å²) in [5.74, 6) is 0.302. The third kappa shape index (κ3) is 6.06. The average molecular weight is 337 g/mol. The molecule has 0 radical (unpaired) electrons. The van der Waals surface area contributed by atoms with Gasteiger partial charge in [-0.2, -0.15) is 0 Å². The first-order valence-electron chi connectivity index (χ1n) is 7.83. The maximum atomic E-state index is 11.7. The summed E-state index contributed by atoms with van der Waals surface area (Å²) in [6, 6.07) is 6.04. The molecule has 1 aromatic rings. The van der Waals surface area contributed by atoms with E-state index >= 15 is 0 Å². The van der Waals surface area contributed by atoms with Gasteiger partial charge >= 0.3 is 0 Å². The lowest BCUT2D eigenvalue weighted by atomic mass is 9.97. The molecule has 1 aliphatic rings. The second kappa shape index (κ2) is 8.15. The molecule has 0 saturated heterocycles. The van der Waals surface area contributed by atoms with E-state index in [1.54, 1.807) is 12.1 Å². The van der Waals surface area contributed by atoms with Gasteiger partial charge in [0.1, 0.15) is 5.75 Å². The standard InChI is InChI=1S/C17H23NO4S/c1-23(20,21)16-9-7-15(8-10-16)22-13-17(19)18-12-11-14-5-3-2-4-6-14/h5,7-10H,2-4,6,11-13H2,1H3,(H,18,19). The molecule has 0 aromatic heterocycles. The first kappa shape index (κ1) is 17.5. The minimum absolute atomic E-state index is 0.0722. The maximum Gasteiger partial charge on any atom is 0.257 e. The molecule has 126 valence electrons. The molecule has 0 atom stereocenters. The topological polar surface area (TPSA) is 72.5 Å². The predicted octanol–water partition coefficient (Wildman–Crippen LogP) is 2.48. The van der Waals surface area contributed by atoms with Gasteiger partial charge in [0.05, 0.1) is 4.90 Å². The van der Waals surface area contributed by atoms with Crippen LogP contribution in [0.25, 0.3) is 0 Å². The van der Waals surface area contributed by atoms with Crippen LogP contribution in [-0.2, 0) is 14.6 Å². The van der Waals surface area contributed by atoms with Crippen molar-refractivity contribution in [3.05, 3.63) is 35.9 Å². The molecule has 0 heterocycles. The van der Waals surface area contributed by atoms with Crippen LogP contribution in [0, 0.1) is 0 Å². The Morgan fingerprint density at radius 1 is 1.22 bits per heavy atom. The van der Waals surface area contributed by atoms with Crippen LogP contribution in [-0.4, -0.2) is 33.7 Å². The average Bonchev–Trinajstić information content (AvgIpc) is 2.53. The lowest BCUT2D eigenvalue weighted by molar-refractivity contribution is -0.123. The van der Waals surface area contributed by atoms with Crippen LogP contribution in [0.4, 0.5) is 0 Å². The van der Waals surface area contributed by atoms with E-state index in [0.29, 0.717) is 12.3 Å². The van der Waals surface area contributed by atoms with E-state index in [4.69, 9.17) is 4.74 Å². The zero-order chi connectivity index (χ0) is 16.7. The molecule has 1 N–H and O–H groups in total. The number of allylic oxidation sites excluding steroid dienone is 1. The molecule has 0 saturated carbocycles. The first-order chi connectivity index (χ1) is 10.9. The Balaban J connectivity index is 1.70. The fourth-order valence-electron chi connectivity index (χ4n) is 2.48. The largest absolute Gasteiger partial charge is 0.484 e. The molecule has 1 aromatic carbocycles. The van der Waals surface area contributed by atoms with Crippen molar-refractivity contribution >= 4 is 15.7 Å². The van der Waals surface area contributed by atoms with Crippen molar-refractivity contribution < 1.29 is 17.9 Å². The number of benzene rings is 1. The van der Waals surface area contributed by atoms with Gasteiger partial charge < -0.3 is 10.1 Å². The van der Waals surface area contributed by atoms with E-state index < -0.39 is 9.84 Å². The molecule has 0 bridgehead atoms. The minimum atomic E-state index is -3.21. The van der Waals surface area contributed by atoms with Crippen molar-refractivity contribution in [2.45, 2.75) is 37.0 Å². The highest BCUT2D eigenvalue weighted by molar-refractivity contribution is 7.90. The van der Waals surface area contributed by atoms with Crippen LogP contribution in [0.15, 0.2) is 40.8 Å². The van der Waals surface area contributed by atoms with Gasteiger partial charge in [-0.15, -0.1) is 0 Å². The summed E-state index contributed by atoms with van der Waals surface area (Å²) in [7, 11) is -3.21. The second-order valence-corrected chi connectivity index (χ2v) is 7.76. The molecule has 6 heteroatoms. The lowest BCUT2D eigenvalue weighted by Gasteiger charge is -2.13. The van der Waals surface area contributed by atoms with E-state index in [0.717, 1.165) is 25.5 Å². The molecule has 1 amide bonds. The highest BCUT2D eigenvalue weighted by Crippen LogP contribution is 2.19. The predicted molar refractivity (Wildman–Crippen MR) is 89.2 cm³/mol. The van der Waals surface area contributed by atoms with Crippen molar-refractivity contribution in [1.82, 2.24) is 5.32 Å². The minimum Gasteiger partial charge on any atom is -0.484 e. The van der Waals surface area contributed by atoms with Gasteiger partial charge in [-0.05, 0) is 56.4 Å². The summed E-state index contributed by atoms with van der Waals surface area (Å²) in [5, 5.41) is 2.84. The van der Waals surface area contributed by atoms with Crippen LogP contribution in [0.2, 0.25) is 0 Å². The Kier molecular flexibility index (Phi) is 6.21. The van der Waals surface area contributed by atoms with Crippen molar-refractivity contribution in [1.29, 1.82) is 0 Å². The van der Waals surface area contributed by atoms with E-state index in [-0.39, 0.29) is 17.4 Å². The highest BCUT2D eigenvalue weighted by atomic mass is 32.2. The Bertz CT molecular complexity index is 662. The fraction of sp³-hybridized carbons (Fsp3) is 0.471. The fourth-order valence-corrected chi connectivity index (χ4v) is 3.11. The highest BCUT2D eigenvalue weighted by Gasteiger charge is 2.08. The summed E-state index contributed by atoms with van der Waals surface area (Å²) in [5.41, 5.74) is 1.42. The molecule has 1 aliphatic carbocycles. The van der Waals surface area contributed by atoms with Gasteiger partial charge in [0, 0.05) is 12.8 Å². The van der Waals surface area contributed by atoms with Crippen LogP contribution < -0.4 is 10.1 Å². The van der Waals surface area contributed by atoms with E-state index in [9.17, 15) is 13.2 Å². The number of amides is 1. The van der Waals surface area contributed by atoms with Crippen LogP contribution >= 0.6 is 0 Å². The molecule has 0 aliphatic heterocycles. The molecule has 5 nitrogen and oxygen atoms in total. The van der Waals surface area contributed by atoms with E-state index in [2.05, 4.69) is 11.4 Å². The summed E-state index contributed by atoms with van der Waals surface area (Å²) < 4.78 is 28.1. The lowest BCUT2D eigenvalue weighted by Crippen LogP contribution is -2.30. The van der Waals surface area contributed by atoms with Gasteiger partial charge in [-0.1, -0.05) is 11.6 Å². The second-order valence-electron chi connectivity index (χ2n) is 5.74. The number of ether oxygens (including phenoxy) is 1. The zero-order valence-corrected chi connectivity index (χ0v) is 14.2. The maximum absolute atomic E-state index is 11.7. The molecule has 0 fully saturated rings. The zero-order valence-electron chi connectivity index (χ0n) is 13.4. The Morgan fingerprint density at radius 3 is 2.57 bits per heavy atom. The van der Waals surface area contributed by atoms with Crippen molar-refractivity contribution in [2.75, 3.05) is 19.4 Å². The van der Waals surface area contributed by atoms with Gasteiger partial charge in [-0.3, -0.25) is 4.79 Å². The van der Waals surface area contributed by atoms with Gasteiger partial charge in [0.2, 0.25) is 0 Å². The first-order valence-corrected chi connectivity index (χ1v) is 9.72. The molecular formula is C17H23NO4S. The van der Waals surface area contributed by atoms with Crippen molar-refractivity contribution in [3.63, 3.8) is 0 Å². The van der Waals surface area contributed by atoms with Crippen molar-refractivity contribution in [3.8, 4) is 5.75 Å². The van der Waals surface area contributed by atoms with Gasteiger partial charge in [0.25, 0.3) is 5.91 Å². The number of rotatable bonds is 7. The summed E-state index contributed by atoms with van der Waals surface area (Å²) in [6.45, 7) is 0.554. The van der Waals surface area contributed by atoms with E-state index in [1.165, 1.54) is 30.5 Å². The molecule has 2 rings (SSSR count). The Morgan fingerprint density at radius 2 is 1.96 bits per heavy atom. The van der Waals surface area contributed by atoms with Crippen LogP contribution in [0.3, 0.4) is 0 Å². The smallest absolute Gasteiger partial charge is 0.257 e. The normalized spacial score (nSPS) is 14.9. The summed E-state index contributed by atoms with van der Waals surface area (Å²) >= 11 is 0. The van der Waals surface area contributed by atoms with Crippen molar-refractivity contribution in [2.24, 2.45) is 0 Å². The third-order valence-electron chi connectivity index (χ3n) is 3.78. The molecule has 0 spiro atoms. The van der Waals surface area contributed by atoms with Gasteiger partial charge in [-0.25, -0.2) is 8.42 Å². The summed E-state index contributed by atoms with van der Waals surface area (Å²) in [4.78, 5) is 12.0. The SMILES string of the molecule is CS(=O)(=O)c1ccc(OCC(=O)NCCC2=CCCCC2)cc1. The number of hydrogen-bond acceptors (Lipinski definition) is 4. The number of hydrogen-bond donors (Lipinski definition) is 1. The molecule has 0 unspecified atom stereocenters. The van der Waals surface area contributed by atoms with Crippen LogP contribution in [0.1, 0.15) is 32.1 Å².